The number of likely N-dealkylation sites (tertiary alicyclic amines) is 1. The maximum Gasteiger partial charge on any atom is 0.0543 e. The Labute approximate surface area is 168 Å². The van der Waals surface area contributed by atoms with Crippen molar-refractivity contribution in [3.63, 3.8) is 0 Å². The Morgan fingerprint density at radius 1 is 0.963 bits per heavy atom. The second-order valence-electron chi connectivity index (χ2n) is 9.29. The standard InChI is InChI=1S/C24H45N3/c1-5-6-12-22(4)13-10-8-7-9-11-16-26-17-14-24(15-18-26)27-20-23(19-25-27)21(2)3/h19-22,24H,5-18H2,1-4H3. The molecule has 1 fully saturated rings. The van der Waals surface area contributed by atoms with E-state index >= 15 is 0 Å². The second kappa shape index (κ2) is 12.6. The lowest BCUT2D eigenvalue weighted by Crippen LogP contribution is -2.35. The van der Waals surface area contributed by atoms with Crippen molar-refractivity contribution < 1.29 is 0 Å². The van der Waals surface area contributed by atoms with Crippen LogP contribution in [0.25, 0.3) is 0 Å². The van der Waals surface area contributed by atoms with Crippen molar-refractivity contribution in [2.24, 2.45) is 5.92 Å². The summed E-state index contributed by atoms with van der Waals surface area (Å²) in [6, 6.07) is 0.614. The summed E-state index contributed by atoms with van der Waals surface area (Å²) in [7, 11) is 0. The minimum absolute atomic E-state index is 0.582. The summed E-state index contributed by atoms with van der Waals surface area (Å²) in [6.45, 7) is 13.0. The van der Waals surface area contributed by atoms with Crippen LogP contribution in [0.3, 0.4) is 0 Å². The van der Waals surface area contributed by atoms with Crippen LogP contribution < -0.4 is 0 Å². The van der Waals surface area contributed by atoms with Crippen molar-refractivity contribution in [2.45, 2.75) is 110 Å². The molecule has 3 nitrogen and oxygen atoms in total. The molecule has 156 valence electrons. The molecule has 0 bridgehead atoms. The first-order valence-corrected chi connectivity index (χ1v) is 11.9. The van der Waals surface area contributed by atoms with Crippen molar-refractivity contribution in [1.82, 2.24) is 14.7 Å². The number of hydrogen-bond acceptors (Lipinski definition) is 2. The summed E-state index contributed by atoms with van der Waals surface area (Å²) >= 11 is 0. The van der Waals surface area contributed by atoms with Gasteiger partial charge in [-0.05, 0) is 43.2 Å². The summed E-state index contributed by atoms with van der Waals surface area (Å²) in [6.07, 6.45) is 19.6. The van der Waals surface area contributed by atoms with Crippen LogP contribution in [-0.4, -0.2) is 34.3 Å². The molecule has 0 saturated carbocycles. The molecule has 1 aromatic rings. The molecule has 1 saturated heterocycles. The highest BCUT2D eigenvalue weighted by molar-refractivity contribution is 5.09. The normalized spacial score (nSPS) is 17.7. The van der Waals surface area contributed by atoms with Crippen molar-refractivity contribution >= 4 is 0 Å². The lowest BCUT2D eigenvalue weighted by molar-refractivity contribution is 0.177. The topological polar surface area (TPSA) is 21.1 Å². The zero-order valence-corrected chi connectivity index (χ0v) is 18.6. The van der Waals surface area contributed by atoms with Gasteiger partial charge in [0.25, 0.3) is 0 Å². The Balaban J connectivity index is 1.49. The third kappa shape index (κ3) is 8.37. The Kier molecular flexibility index (Phi) is 10.5. The van der Waals surface area contributed by atoms with Gasteiger partial charge in [0, 0.05) is 19.3 Å². The predicted octanol–water partition coefficient (Wildman–Crippen LogP) is 6.81. The smallest absolute Gasteiger partial charge is 0.0543 e. The van der Waals surface area contributed by atoms with E-state index in [9.17, 15) is 0 Å². The fourth-order valence-corrected chi connectivity index (χ4v) is 4.31. The molecule has 1 aliphatic heterocycles. The van der Waals surface area contributed by atoms with Gasteiger partial charge in [-0.15, -0.1) is 0 Å². The molecule has 27 heavy (non-hydrogen) atoms. The summed E-state index contributed by atoms with van der Waals surface area (Å²) < 4.78 is 2.23. The van der Waals surface area contributed by atoms with Crippen LogP contribution in [0.4, 0.5) is 0 Å². The van der Waals surface area contributed by atoms with Gasteiger partial charge < -0.3 is 4.90 Å². The van der Waals surface area contributed by atoms with Crippen molar-refractivity contribution in [2.75, 3.05) is 19.6 Å². The van der Waals surface area contributed by atoms with E-state index in [4.69, 9.17) is 0 Å². The van der Waals surface area contributed by atoms with E-state index in [1.165, 1.54) is 95.8 Å². The van der Waals surface area contributed by atoms with Gasteiger partial charge >= 0.3 is 0 Å². The molecular weight excluding hydrogens is 330 g/mol. The van der Waals surface area contributed by atoms with Gasteiger partial charge in [-0.25, -0.2) is 0 Å². The predicted molar refractivity (Wildman–Crippen MR) is 117 cm³/mol. The number of hydrogen-bond donors (Lipinski definition) is 0. The molecule has 1 aromatic heterocycles. The van der Waals surface area contributed by atoms with Crippen molar-refractivity contribution in [3.05, 3.63) is 18.0 Å². The van der Waals surface area contributed by atoms with Crippen LogP contribution in [0.5, 0.6) is 0 Å². The fraction of sp³-hybridized carbons (Fsp3) is 0.875. The van der Waals surface area contributed by atoms with E-state index in [0.29, 0.717) is 12.0 Å². The average Bonchev–Trinajstić information content (AvgIpc) is 3.16. The Hall–Kier alpha value is -0.830. The summed E-state index contributed by atoms with van der Waals surface area (Å²) in [4.78, 5) is 2.68. The van der Waals surface area contributed by atoms with E-state index in [-0.39, 0.29) is 0 Å². The molecule has 2 rings (SSSR count). The summed E-state index contributed by atoms with van der Waals surface area (Å²) in [5.41, 5.74) is 1.37. The van der Waals surface area contributed by atoms with Crippen molar-refractivity contribution in [3.8, 4) is 0 Å². The first-order chi connectivity index (χ1) is 13.1. The molecule has 0 radical (unpaired) electrons. The molecule has 0 spiro atoms. The highest BCUT2D eigenvalue weighted by Crippen LogP contribution is 2.24. The van der Waals surface area contributed by atoms with Crippen LogP contribution in [0.1, 0.15) is 116 Å². The van der Waals surface area contributed by atoms with Gasteiger partial charge in [0.05, 0.1) is 12.2 Å². The Morgan fingerprint density at radius 2 is 1.63 bits per heavy atom. The summed E-state index contributed by atoms with van der Waals surface area (Å²) in [5, 5.41) is 4.62. The van der Waals surface area contributed by atoms with Gasteiger partial charge in [-0.1, -0.05) is 79.1 Å². The lowest BCUT2D eigenvalue weighted by Gasteiger charge is -2.32. The van der Waals surface area contributed by atoms with Crippen LogP contribution in [0, 0.1) is 5.92 Å². The lowest BCUT2D eigenvalue weighted by atomic mass is 9.97. The van der Waals surface area contributed by atoms with E-state index in [1.807, 2.05) is 0 Å². The maximum absolute atomic E-state index is 4.62. The summed E-state index contributed by atoms with van der Waals surface area (Å²) in [5.74, 6) is 1.52. The molecule has 0 aliphatic carbocycles. The second-order valence-corrected chi connectivity index (χ2v) is 9.29. The van der Waals surface area contributed by atoms with Crippen LogP contribution in [0.15, 0.2) is 12.4 Å². The molecule has 3 heteroatoms. The fourth-order valence-electron chi connectivity index (χ4n) is 4.31. The van der Waals surface area contributed by atoms with Crippen molar-refractivity contribution in [1.29, 1.82) is 0 Å². The zero-order valence-electron chi connectivity index (χ0n) is 18.6. The minimum atomic E-state index is 0.582. The van der Waals surface area contributed by atoms with Gasteiger partial charge in [0.15, 0.2) is 0 Å². The van der Waals surface area contributed by atoms with Gasteiger partial charge in [-0.3, -0.25) is 4.68 Å². The number of nitrogens with zero attached hydrogens (tertiary/aromatic N) is 3. The molecule has 1 atom stereocenters. The minimum Gasteiger partial charge on any atom is -0.303 e. The number of rotatable bonds is 13. The quantitative estimate of drug-likeness (QED) is 0.353. The number of aromatic nitrogens is 2. The number of piperidine rings is 1. The highest BCUT2D eigenvalue weighted by Gasteiger charge is 2.21. The first kappa shape index (κ1) is 22.5. The SMILES string of the molecule is CCCCC(C)CCCCCCCN1CCC(n2cc(C(C)C)cn2)CC1. The molecule has 0 N–H and O–H groups in total. The van der Waals surface area contributed by atoms with Crippen LogP contribution in [-0.2, 0) is 0 Å². The van der Waals surface area contributed by atoms with Crippen LogP contribution >= 0.6 is 0 Å². The largest absolute Gasteiger partial charge is 0.303 e. The molecule has 1 unspecified atom stereocenters. The zero-order chi connectivity index (χ0) is 19.5. The van der Waals surface area contributed by atoms with Gasteiger partial charge in [-0.2, -0.15) is 5.10 Å². The third-order valence-electron chi connectivity index (χ3n) is 6.44. The van der Waals surface area contributed by atoms with Crippen LogP contribution in [0.2, 0.25) is 0 Å². The molecular formula is C24H45N3. The van der Waals surface area contributed by atoms with E-state index in [1.54, 1.807) is 0 Å². The van der Waals surface area contributed by atoms with Gasteiger partial charge in [0.2, 0.25) is 0 Å². The maximum atomic E-state index is 4.62. The number of unbranched alkanes of at least 4 members (excludes halogenated alkanes) is 5. The Morgan fingerprint density at radius 3 is 2.30 bits per heavy atom. The molecule has 1 aliphatic rings. The van der Waals surface area contributed by atoms with Gasteiger partial charge in [0.1, 0.15) is 0 Å². The molecule has 2 heterocycles. The van der Waals surface area contributed by atoms with E-state index < -0.39 is 0 Å². The monoisotopic (exact) mass is 375 g/mol. The van der Waals surface area contributed by atoms with E-state index in [0.717, 1.165) is 5.92 Å². The first-order valence-electron chi connectivity index (χ1n) is 11.9. The average molecular weight is 376 g/mol. The third-order valence-corrected chi connectivity index (χ3v) is 6.44. The molecule has 0 amide bonds. The Bertz CT molecular complexity index is 486. The molecule has 0 aromatic carbocycles. The highest BCUT2D eigenvalue weighted by atomic mass is 15.3. The van der Waals surface area contributed by atoms with E-state index in [2.05, 4.69) is 54.8 Å².